The summed E-state index contributed by atoms with van der Waals surface area (Å²) in [6, 6.07) is 10.0. The van der Waals surface area contributed by atoms with Crippen molar-refractivity contribution in [1.29, 1.82) is 0 Å². The number of carbonyl (C=O) groups excluding carboxylic acids is 1. The van der Waals surface area contributed by atoms with Gasteiger partial charge in [0.1, 0.15) is 12.3 Å². The number of ether oxygens (including phenoxy) is 1. The lowest BCUT2D eigenvalue weighted by Gasteiger charge is -2.58. The second-order valence-corrected chi connectivity index (χ2v) is 7.69. The van der Waals surface area contributed by atoms with Crippen molar-refractivity contribution in [3.05, 3.63) is 63.8 Å². The molecule has 3 heterocycles. The first-order valence-corrected chi connectivity index (χ1v) is 9.21. The van der Waals surface area contributed by atoms with Crippen molar-refractivity contribution >= 4 is 17.8 Å². The zero-order valence-corrected chi connectivity index (χ0v) is 15.6. The summed E-state index contributed by atoms with van der Waals surface area (Å²) in [4.78, 5) is 29.2. The number of likely N-dealkylation sites (tertiary alicyclic amines) is 1. The van der Waals surface area contributed by atoms with Crippen LogP contribution >= 0.6 is 0 Å². The largest absolute Gasteiger partial charge is 0.380 e. The minimum atomic E-state index is -0.672. The minimum absolute atomic E-state index is 0.101. The molecule has 0 saturated carbocycles. The average molecular weight is 382 g/mol. The van der Waals surface area contributed by atoms with Crippen LogP contribution in [0.1, 0.15) is 17.2 Å². The molecule has 2 unspecified atom stereocenters. The molecule has 0 amide bonds. The van der Waals surface area contributed by atoms with Crippen LogP contribution in [-0.4, -0.2) is 53.4 Å². The summed E-state index contributed by atoms with van der Waals surface area (Å²) in [5, 5.41) is 14.3. The Balaban J connectivity index is 1.63. The van der Waals surface area contributed by atoms with E-state index < -0.39 is 11.0 Å². The second-order valence-electron chi connectivity index (χ2n) is 7.69. The number of nitrogens with one attached hydrogen (secondary N) is 1. The number of hydrogen-bond donors (Lipinski definition) is 1. The predicted molar refractivity (Wildman–Crippen MR) is 103 cm³/mol. The number of rotatable bonds is 7. The van der Waals surface area contributed by atoms with Gasteiger partial charge >= 0.3 is 5.69 Å². The molecule has 4 rings (SSSR count). The van der Waals surface area contributed by atoms with Crippen molar-refractivity contribution in [1.82, 2.24) is 9.88 Å². The fraction of sp³-hybridized carbons (Fsp3) is 0.400. The molecule has 8 nitrogen and oxygen atoms in total. The van der Waals surface area contributed by atoms with Gasteiger partial charge in [0.15, 0.2) is 0 Å². The molecular formula is C20H22N4O4. The lowest BCUT2D eigenvalue weighted by atomic mass is 9.75. The van der Waals surface area contributed by atoms with E-state index in [1.54, 1.807) is 0 Å². The molecule has 2 atom stereocenters. The van der Waals surface area contributed by atoms with Gasteiger partial charge in [-0.05, 0) is 18.6 Å². The summed E-state index contributed by atoms with van der Waals surface area (Å²) in [6.07, 6.45) is 2.29. The van der Waals surface area contributed by atoms with Crippen LogP contribution in [0.2, 0.25) is 0 Å². The standard InChI is InChI=1S/C20H22N4O4/c1-14-4-6-15(7-5-14)18(23-10-20(11-23)12-28-13-20)16(9-25)22-19-17(24(26)27)3-2-8-21-19/h2-9,16,18H,10-13H2,1H3,(H,21,22). The number of anilines is 1. The third-order valence-electron chi connectivity index (χ3n) is 5.48. The van der Waals surface area contributed by atoms with Gasteiger partial charge in [-0.15, -0.1) is 0 Å². The van der Waals surface area contributed by atoms with E-state index in [0.29, 0.717) is 0 Å². The van der Waals surface area contributed by atoms with Crippen LogP contribution < -0.4 is 5.32 Å². The van der Waals surface area contributed by atoms with Crippen molar-refractivity contribution in [2.24, 2.45) is 5.41 Å². The molecule has 146 valence electrons. The fourth-order valence-electron chi connectivity index (χ4n) is 3.99. The molecule has 0 aliphatic carbocycles. The first kappa shape index (κ1) is 18.5. The van der Waals surface area contributed by atoms with Gasteiger partial charge in [0, 0.05) is 30.8 Å². The normalized spacial score (nSPS) is 19.9. The van der Waals surface area contributed by atoms with Gasteiger partial charge in [-0.2, -0.15) is 0 Å². The molecule has 2 fully saturated rings. The monoisotopic (exact) mass is 382 g/mol. The van der Waals surface area contributed by atoms with Crippen LogP contribution in [-0.2, 0) is 9.53 Å². The van der Waals surface area contributed by atoms with Gasteiger partial charge in [-0.3, -0.25) is 15.0 Å². The number of pyridine rings is 1. The van der Waals surface area contributed by atoms with Crippen LogP contribution in [0.25, 0.3) is 0 Å². The first-order valence-electron chi connectivity index (χ1n) is 9.21. The Bertz CT molecular complexity index is 874. The van der Waals surface area contributed by atoms with Gasteiger partial charge in [-0.25, -0.2) is 4.98 Å². The average Bonchev–Trinajstić information content (AvgIpc) is 2.62. The van der Waals surface area contributed by atoms with Crippen LogP contribution in [0.4, 0.5) is 11.5 Å². The second kappa shape index (κ2) is 7.29. The van der Waals surface area contributed by atoms with Crippen LogP contribution in [0.5, 0.6) is 0 Å². The lowest BCUT2D eigenvalue weighted by molar-refractivity contribution is -0.384. The molecule has 0 radical (unpaired) electrons. The highest BCUT2D eigenvalue weighted by Crippen LogP contribution is 2.43. The summed E-state index contributed by atoms with van der Waals surface area (Å²) in [5.41, 5.74) is 2.16. The number of nitro groups is 1. The molecule has 0 bridgehead atoms. The Morgan fingerprint density at radius 1 is 1.29 bits per heavy atom. The van der Waals surface area contributed by atoms with Gasteiger partial charge < -0.3 is 14.8 Å². The van der Waals surface area contributed by atoms with Crippen molar-refractivity contribution in [2.75, 3.05) is 31.6 Å². The smallest absolute Gasteiger partial charge is 0.311 e. The highest BCUT2D eigenvalue weighted by Gasteiger charge is 2.52. The summed E-state index contributed by atoms with van der Waals surface area (Å²) < 4.78 is 5.36. The van der Waals surface area contributed by atoms with Gasteiger partial charge in [0.2, 0.25) is 5.82 Å². The molecule has 2 saturated heterocycles. The summed E-state index contributed by atoms with van der Waals surface area (Å²) in [7, 11) is 0. The van der Waals surface area contributed by atoms with Gasteiger partial charge in [0.25, 0.3) is 0 Å². The Labute approximate surface area is 162 Å². The number of aromatic nitrogens is 1. The van der Waals surface area contributed by atoms with E-state index in [4.69, 9.17) is 4.74 Å². The molecule has 1 spiro atoms. The van der Waals surface area contributed by atoms with Crippen LogP contribution in [0.3, 0.4) is 0 Å². The van der Waals surface area contributed by atoms with Crippen LogP contribution in [0.15, 0.2) is 42.6 Å². The topological polar surface area (TPSA) is 97.6 Å². The SMILES string of the molecule is Cc1ccc(C(C(C=O)Nc2ncccc2[N+](=O)[O-])N2CC3(COC3)C2)cc1. The number of hydrogen-bond acceptors (Lipinski definition) is 7. The summed E-state index contributed by atoms with van der Waals surface area (Å²) in [6.45, 7) is 5.17. The maximum absolute atomic E-state index is 12.1. The molecule has 2 aliphatic rings. The lowest BCUT2D eigenvalue weighted by Crippen LogP contribution is -2.67. The maximum atomic E-state index is 12.1. The molecule has 1 aromatic heterocycles. The Kier molecular flexibility index (Phi) is 4.82. The zero-order chi connectivity index (χ0) is 19.7. The van der Waals surface area contributed by atoms with Crippen molar-refractivity contribution in [3.8, 4) is 0 Å². The third kappa shape index (κ3) is 3.36. The summed E-state index contributed by atoms with van der Waals surface area (Å²) in [5.74, 6) is 0.101. The van der Waals surface area contributed by atoms with E-state index in [1.807, 2.05) is 31.2 Å². The number of aldehydes is 1. The number of aryl methyl sites for hydroxylation is 1. The Hall–Kier alpha value is -2.84. The molecular weight excluding hydrogens is 360 g/mol. The predicted octanol–water partition coefficient (Wildman–Crippen LogP) is 2.35. The van der Waals surface area contributed by atoms with E-state index in [2.05, 4.69) is 15.2 Å². The Morgan fingerprint density at radius 2 is 2.00 bits per heavy atom. The van der Waals surface area contributed by atoms with Gasteiger partial charge in [-0.1, -0.05) is 29.8 Å². The van der Waals surface area contributed by atoms with E-state index in [0.717, 1.165) is 43.7 Å². The number of carbonyl (C=O) groups is 1. The molecule has 2 aliphatic heterocycles. The van der Waals surface area contributed by atoms with Crippen LogP contribution in [0, 0.1) is 22.5 Å². The third-order valence-corrected chi connectivity index (χ3v) is 5.48. The molecule has 8 heteroatoms. The Morgan fingerprint density at radius 3 is 2.57 bits per heavy atom. The highest BCUT2D eigenvalue weighted by atomic mass is 16.6. The number of benzene rings is 1. The van der Waals surface area contributed by atoms with Crippen molar-refractivity contribution in [2.45, 2.75) is 19.0 Å². The van der Waals surface area contributed by atoms with E-state index >= 15 is 0 Å². The van der Waals surface area contributed by atoms with E-state index in [-0.39, 0.29) is 23.0 Å². The van der Waals surface area contributed by atoms with Crippen molar-refractivity contribution < 1.29 is 14.5 Å². The van der Waals surface area contributed by atoms with Gasteiger partial charge in [0.05, 0.1) is 24.2 Å². The molecule has 2 aromatic rings. The van der Waals surface area contributed by atoms with Crippen molar-refractivity contribution in [3.63, 3.8) is 0 Å². The molecule has 28 heavy (non-hydrogen) atoms. The quantitative estimate of drug-likeness (QED) is 0.446. The minimum Gasteiger partial charge on any atom is -0.380 e. The fourth-order valence-corrected chi connectivity index (χ4v) is 3.99. The maximum Gasteiger partial charge on any atom is 0.311 e. The first-order chi connectivity index (χ1) is 13.5. The molecule has 1 aromatic carbocycles. The zero-order valence-electron chi connectivity index (χ0n) is 15.6. The molecule has 1 N–H and O–H groups in total. The summed E-state index contributed by atoms with van der Waals surface area (Å²) >= 11 is 0. The van der Waals surface area contributed by atoms with E-state index in [9.17, 15) is 14.9 Å². The number of nitrogens with zero attached hydrogens (tertiary/aromatic N) is 3. The highest BCUT2D eigenvalue weighted by molar-refractivity contribution is 5.68. The van der Waals surface area contributed by atoms with E-state index in [1.165, 1.54) is 18.3 Å².